The highest BCUT2D eigenvalue weighted by atomic mass is 15.2. The van der Waals surface area contributed by atoms with Crippen molar-refractivity contribution in [1.82, 2.24) is 10.2 Å². The molecule has 19 heavy (non-hydrogen) atoms. The average Bonchev–Trinajstić information content (AvgIpc) is 2.37. The summed E-state index contributed by atoms with van der Waals surface area (Å²) in [5.74, 6) is 2.70. The molecule has 0 spiro atoms. The Kier molecular flexibility index (Phi) is 5.70. The van der Waals surface area contributed by atoms with Crippen LogP contribution in [0.15, 0.2) is 0 Å². The van der Waals surface area contributed by atoms with Crippen molar-refractivity contribution in [2.45, 2.75) is 71.9 Å². The zero-order valence-electron chi connectivity index (χ0n) is 13.5. The molecule has 1 heterocycles. The summed E-state index contributed by atoms with van der Waals surface area (Å²) in [5, 5.41) is 3.80. The van der Waals surface area contributed by atoms with Crippen LogP contribution in [0.1, 0.15) is 59.8 Å². The molecule has 0 amide bonds. The lowest BCUT2D eigenvalue weighted by Gasteiger charge is -2.41. The van der Waals surface area contributed by atoms with Crippen LogP contribution in [0.5, 0.6) is 0 Å². The second-order valence-electron chi connectivity index (χ2n) is 7.46. The minimum atomic E-state index is 0.768. The van der Waals surface area contributed by atoms with Crippen LogP contribution in [0, 0.1) is 17.8 Å². The van der Waals surface area contributed by atoms with E-state index in [0.717, 1.165) is 29.8 Å². The topological polar surface area (TPSA) is 15.3 Å². The Morgan fingerprint density at radius 3 is 2.32 bits per heavy atom. The van der Waals surface area contributed by atoms with Crippen LogP contribution in [0.25, 0.3) is 0 Å². The Morgan fingerprint density at radius 2 is 1.63 bits per heavy atom. The van der Waals surface area contributed by atoms with Gasteiger partial charge in [0.15, 0.2) is 0 Å². The second-order valence-corrected chi connectivity index (χ2v) is 7.46. The fourth-order valence-corrected chi connectivity index (χ4v) is 4.00. The third-order valence-electron chi connectivity index (χ3n) is 5.57. The first kappa shape index (κ1) is 15.3. The molecule has 0 radical (unpaired) electrons. The second kappa shape index (κ2) is 7.08. The molecule has 1 aliphatic carbocycles. The van der Waals surface area contributed by atoms with Gasteiger partial charge in [-0.3, -0.25) is 4.90 Å². The monoisotopic (exact) mass is 266 g/mol. The van der Waals surface area contributed by atoms with E-state index in [4.69, 9.17) is 0 Å². The lowest BCUT2D eigenvalue weighted by Crippen LogP contribution is -2.49. The molecule has 2 nitrogen and oxygen atoms in total. The quantitative estimate of drug-likeness (QED) is 0.837. The fourth-order valence-electron chi connectivity index (χ4n) is 4.00. The maximum atomic E-state index is 3.80. The van der Waals surface area contributed by atoms with Gasteiger partial charge in [0.2, 0.25) is 0 Å². The summed E-state index contributed by atoms with van der Waals surface area (Å²) in [6.07, 6.45) is 7.04. The van der Waals surface area contributed by atoms with Crippen LogP contribution in [-0.2, 0) is 0 Å². The first-order chi connectivity index (χ1) is 9.06. The van der Waals surface area contributed by atoms with Crippen LogP contribution in [0.3, 0.4) is 0 Å². The van der Waals surface area contributed by atoms with Gasteiger partial charge in [0.25, 0.3) is 0 Å². The molecule has 1 saturated carbocycles. The Labute approximate surface area is 120 Å². The molecular formula is C17H34N2. The molecule has 1 saturated heterocycles. The molecule has 2 fully saturated rings. The van der Waals surface area contributed by atoms with E-state index >= 15 is 0 Å². The number of hydrogen-bond donors (Lipinski definition) is 1. The molecule has 1 N–H and O–H groups in total. The van der Waals surface area contributed by atoms with Crippen LogP contribution in [0.2, 0.25) is 0 Å². The molecule has 0 aromatic heterocycles. The third-order valence-corrected chi connectivity index (χ3v) is 5.57. The molecule has 0 bridgehead atoms. The largest absolute Gasteiger partial charge is 0.313 e. The molecular weight excluding hydrogens is 232 g/mol. The number of likely N-dealkylation sites (tertiary alicyclic amines) is 1. The van der Waals surface area contributed by atoms with Gasteiger partial charge in [0.1, 0.15) is 0 Å². The number of hydrogen-bond acceptors (Lipinski definition) is 2. The van der Waals surface area contributed by atoms with E-state index in [1.807, 2.05) is 0 Å². The Morgan fingerprint density at radius 1 is 0.947 bits per heavy atom. The van der Waals surface area contributed by atoms with Gasteiger partial charge in [-0.25, -0.2) is 0 Å². The standard InChI is InChI=1S/C17H34N2/c1-13-5-7-17(8-6-13)18-9-10-19-12-14(2)11-15(3)16(19)4/h13-18H,5-12H2,1-4H3. The fraction of sp³-hybridized carbons (Fsp3) is 1.00. The van der Waals surface area contributed by atoms with E-state index in [1.165, 1.54) is 51.7 Å². The van der Waals surface area contributed by atoms with Crippen molar-refractivity contribution in [1.29, 1.82) is 0 Å². The van der Waals surface area contributed by atoms with Crippen LogP contribution in [-0.4, -0.2) is 36.6 Å². The highest BCUT2D eigenvalue weighted by Gasteiger charge is 2.28. The van der Waals surface area contributed by atoms with Crippen molar-refractivity contribution in [2.24, 2.45) is 17.8 Å². The van der Waals surface area contributed by atoms with E-state index in [1.54, 1.807) is 0 Å². The Bertz CT molecular complexity index is 258. The molecule has 2 aliphatic rings. The number of rotatable bonds is 4. The van der Waals surface area contributed by atoms with Crippen molar-refractivity contribution in [2.75, 3.05) is 19.6 Å². The third kappa shape index (κ3) is 4.46. The Balaban J connectivity index is 1.67. The molecule has 3 atom stereocenters. The molecule has 1 aliphatic heterocycles. The van der Waals surface area contributed by atoms with Crippen molar-refractivity contribution < 1.29 is 0 Å². The van der Waals surface area contributed by atoms with Gasteiger partial charge in [-0.2, -0.15) is 0 Å². The number of nitrogens with one attached hydrogen (secondary N) is 1. The molecule has 112 valence electrons. The van der Waals surface area contributed by atoms with Gasteiger partial charge in [0.05, 0.1) is 0 Å². The maximum absolute atomic E-state index is 3.80. The summed E-state index contributed by atoms with van der Waals surface area (Å²) in [6, 6.07) is 1.57. The summed E-state index contributed by atoms with van der Waals surface area (Å²) < 4.78 is 0. The first-order valence-electron chi connectivity index (χ1n) is 8.53. The maximum Gasteiger partial charge on any atom is 0.0110 e. The van der Waals surface area contributed by atoms with E-state index in [2.05, 4.69) is 37.9 Å². The van der Waals surface area contributed by atoms with Gasteiger partial charge >= 0.3 is 0 Å². The van der Waals surface area contributed by atoms with Crippen molar-refractivity contribution in [3.63, 3.8) is 0 Å². The van der Waals surface area contributed by atoms with Crippen LogP contribution < -0.4 is 5.32 Å². The van der Waals surface area contributed by atoms with E-state index < -0.39 is 0 Å². The van der Waals surface area contributed by atoms with Crippen molar-refractivity contribution in [3.8, 4) is 0 Å². The van der Waals surface area contributed by atoms with E-state index in [-0.39, 0.29) is 0 Å². The zero-order chi connectivity index (χ0) is 13.8. The summed E-state index contributed by atoms with van der Waals surface area (Å²) in [5.41, 5.74) is 0. The SMILES string of the molecule is CC1CCC(NCCN2CC(C)CC(C)C2C)CC1. The van der Waals surface area contributed by atoms with Crippen molar-refractivity contribution >= 4 is 0 Å². The molecule has 2 rings (SSSR count). The van der Waals surface area contributed by atoms with Gasteiger partial charge in [0, 0.05) is 31.7 Å². The van der Waals surface area contributed by atoms with E-state index in [9.17, 15) is 0 Å². The number of piperidine rings is 1. The summed E-state index contributed by atoms with van der Waals surface area (Å²) in [6.45, 7) is 13.4. The zero-order valence-corrected chi connectivity index (χ0v) is 13.5. The van der Waals surface area contributed by atoms with Gasteiger partial charge in [-0.05, 0) is 56.8 Å². The minimum Gasteiger partial charge on any atom is -0.313 e. The van der Waals surface area contributed by atoms with Crippen LogP contribution >= 0.6 is 0 Å². The normalized spacial score (nSPS) is 41.4. The van der Waals surface area contributed by atoms with Gasteiger partial charge in [-0.1, -0.05) is 20.8 Å². The first-order valence-corrected chi connectivity index (χ1v) is 8.53. The van der Waals surface area contributed by atoms with Gasteiger partial charge < -0.3 is 5.32 Å². The van der Waals surface area contributed by atoms with Gasteiger partial charge in [-0.15, -0.1) is 0 Å². The predicted molar refractivity (Wildman–Crippen MR) is 83.4 cm³/mol. The lowest BCUT2D eigenvalue weighted by atomic mass is 9.86. The average molecular weight is 266 g/mol. The number of nitrogens with zero attached hydrogens (tertiary/aromatic N) is 1. The summed E-state index contributed by atoms with van der Waals surface area (Å²) in [7, 11) is 0. The highest BCUT2D eigenvalue weighted by Crippen LogP contribution is 2.26. The predicted octanol–water partition coefficient (Wildman–Crippen LogP) is 3.52. The smallest absolute Gasteiger partial charge is 0.0110 e. The minimum absolute atomic E-state index is 0.768. The Hall–Kier alpha value is -0.0800. The molecule has 0 aromatic carbocycles. The lowest BCUT2D eigenvalue weighted by molar-refractivity contribution is 0.0793. The molecule has 2 heteroatoms. The molecule has 0 aromatic rings. The summed E-state index contributed by atoms with van der Waals surface area (Å²) in [4.78, 5) is 2.71. The van der Waals surface area contributed by atoms with E-state index in [0.29, 0.717) is 0 Å². The van der Waals surface area contributed by atoms with Crippen molar-refractivity contribution in [3.05, 3.63) is 0 Å². The molecule has 3 unspecified atom stereocenters. The van der Waals surface area contributed by atoms with Crippen LogP contribution in [0.4, 0.5) is 0 Å². The highest BCUT2D eigenvalue weighted by molar-refractivity contribution is 4.83. The summed E-state index contributed by atoms with van der Waals surface area (Å²) >= 11 is 0.